The average Bonchev–Trinajstić information content (AvgIpc) is 2.82. The Balaban J connectivity index is 2.69. The molecule has 0 aliphatic heterocycles. The number of methoxy groups -OCH3 is 1. The summed E-state index contributed by atoms with van der Waals surface area (Å²) in [7, 11) is 1.11. The lowest BCUT2D eigenvalue weighted by molar-refractivity contribution is 0.0652. The highest BCUT2D eigenvalue weighted by Crippen LogP contribution is 2.40. The SMILES string of the molecule is COc1c(F)cc(F)c(O)c1-c1cc(C(=O)O)on1. The summed E-state index contributed by atoms with van der Waals surface area (Å²) in [6.45, 7) is 0. The lowest BCUT2D eigenvalue weighted by Gasteiger charge is -2.09. The highest BCUT2D eigenvalue weighted by atomic mass is 19.1. The van der Waals surface area contributed by atoms with E-state index in [1.165, 1.54) is 0 Å². The van der Waals surface area contributed by atoms with Gasteiger partial charge in [-0.05, 0) is 0 Å². The zero-order valence-electron chi connectivity index (χ0n) is 9.48. The zero-order chi connectivity index (χ0) is 14.2. The second-order valence-corrected chi connectivity index (χ2v) is 3.48. The van der Waals surface area contributed by atoms with Gasteiger partial charge in [0.15, 0.2) is 23.1 Å². The summed E-state index contributed by atoms with van der Waals surface area (Å²) in [6.07, 6.45) is 0. The highest BCUT2D eigenvalue weighted by Gasteiger charge is 2.24. The van der Waals surface area contributed by atoms with E-state index in [0.29, 0.717) is 6.07 Å². The monoisotopic (exact) mass is 271 g/mol. The molecule has 0 unspecified atom stereocenters. The van der Waals surface area contributed by atoms with Gasteiger partial charge in [-0.15, -0.1) is 0 Å². The fraction of sp³-hybridized carbons (Fsp3) is 0.0909. The molecule has 19 heavy (non-hydrogen) atoms. The van der Waals surface area contributed by atoms with Crippen molar-refractivity contribution in [2.24, 2.45) is 0 Å². The summed E-state index contributed by atoms with van der Waals surface area (Å²) in [5.41, 5.74) is -0.679. The first kappa shape index (κ1) is 12.8. The van der Waals surface area contributed by atoms with Crippen molar-refractivity contribution in [2.75, 3.05) is 7.11 Å². The van der Waals surface area contributed by atoms with E-state index in [0.717, 1.165) is 13.2 Å². The van der Waals surface area contributed by atoms with Crippen LogP contribution in [0.2, 0.25) is 0 Å². The number of aromatic nitrogens is 1. The first-order chi connectivity index (χ1) is 8.95. The Labute approximate surface area is 104 Å². The van der Waals surface area contributed by atoms with Crippen molar-refractivity contribution < 1.29 is 33.0 Å². The molecule has 0 saturated carbocycles. The van der Waals surface area contributed by atoms with Crippen LogP contribution >= 0.6 is 0 Å². The lowest BCUT2D eigenvalue weighted by Crippen LogP contribution is -1.95. The van der Waals surface area contributed by atoms with Gasteiger partial charge < -0.3 is 19.5 Å². The molecule has 100 valence electrons. The first-order valence-corrected chi connectivity index (χ1v) is 4.91. The number of halogens is 2. The number of rotatable bonds is 3. The first-order valence-electron chi connectivity index (χ1n) is 4.91. The number of hydrogen-bond acceptors (Lipinski definition) is 5. The quantitative estimate of drug-likeness (QED) is 0.887. The minimum atomic E-state index is -1.41. The third kappa shape index (κ3) is 2.07. The predicted octanol–water partition coefficient (Wildman–Crippen LogP) is 2.03. The number of ether oxygens (including phenoxy) is 1. The van der Waals surface area contributed by atoms with E-state index < -0.39 is 40.4 Å². The molecule has 1 heterocycles. The third-order valence-corrected chi connectivity index (χ3v) is 2.34. The van der Waals surface area contributed by atoms with E-state index in [9.17, 15) is 18.7 Å². The minimum Gasteiger partial charge on any atom is -0.504 e. The van der Waals surface area contributed by atoms with Crippen molar-refractivity contribution in [3.05, 3.63) is 29.5 Å². The third-order valence-electron chi connectivity index (χ3n) is 2.34. The van der Waals surface area contributed by atoms with Crippen LogP contribution in [0.3, 0.4) is 0 Å². The Morgan fingerprint density at radius 2 is 2.05 bits per heavy atom. The smallest absolute Gasteiger partial charge is 0.374 e. The van der Waals surface area contributed by atoms with E-state index in [4.69, 9.17) is 9.84 Å². The van der Waals surface area contributed by atoms with Crippen molar-refractivity contribution in [3.8, 4) is 22.8 Å². The molecule has 0 amide bonds. The molecule has 2 N–H and O–H groups in total. The number of phenolic OH excluding ortho intramolecular Hbond substituents is 1. The number of hydrogen-bond donors (Lipinski definition) is 2. The molecule has 6 nitrogen and oxygen atoms in total. The molecule has 0 saturated heterocycles. The van der Waals surface area contributed by atoms with Crippen molar-refractivity contribution >= 4 is 5.97 Å². The molecule has 0 atom stereocenters. The van der Waals surface area contributed by atoms with E-state index in [1.54, 1.807) is 0 Å². The Morgan fingerprint density at radius 1 is 1.37 bits per heavy atom. The molecule has 8 heteroatoms. The van der Waals surface area contributed by atoms with Gasteiger partial charge in [-0.2, -0.15) is 0 Å². The summed E-state index contributed by atoms with van der Waals surface area (Å²) in [5.74, 6) is -5.62. The van der Waals surface area contributed by atoms with Gasteiger partial charge in [0, 0.05) is 12.1 Å². The summed E-state index contributed by atoms with van der Waals surface area (Å²) in [6, 6.07) is 1.36. The van der Waals surface area contributed by atoms with Crippen molar-refractivity contribution in [1.29, 1.82) is 0 Å². The maximum atomic E-state index is 13.5. The van der Waals surface area contributed by atoms with Crippen LogP contribution < -0.4 is 4.74 Å². The number of aromatic hydroxyl groups is 1. The van der Waals surface area contributed by atoms with Gasteiger partial charge >= 0.3 is 5.97 Å². The molecule has 2 aromatic rings. The number of phenols is 1. The van der Waals surface area contributed by atoms with E-state index in [2.05, 4.69) is 9.68 Å². The fourth-order valence-corrected chi connectivity index (χ4v) is 1.52. The van der Waals surface area contributed by atoms with Gasteiger partial charge in [0.05, 0.1) is 12.7 Å². The standard InChI is InChI=1S/C11H7F2NO5/c1-18-10-5(13)2-4(12)9(15)8(10)6-3-7(11(16)17)19-14-6/h2-3,15H,1H3,(H,16,17). The second-order valence-electron chi connectivity index (χ2n) is 3.48. The normalized spacial score (nSPS) is 10.5. The number of carboxylic acids is 1. The summed E-state index contributed by atoms with van der Waals surface area (Å²) < 4.78 is 35.9. The molecule has 0 bridgehead atoms. The average molecular weight is 271 g/mol. The number of benzene rings is 1. The minimum absolute atomic E-state index is 0.259. The van der Waals surface area contributed by atoms with Crippen molar-refractivity contribution in [3.63, 3.8) is 0 Å². The maximum Gasteiger partial charge on any atom is 0.374 e. The maximum absolute atomic E-state index is 13.5. The highest BCUT2D eigenvalue weighted by molar-refractivity contribution is 5.86. The Morgan fingerprint density at radius 3 is 2.58 bits per heavy atom. The van der Waals surface area contributed by atoms with Crippen LogP contribution in [-0.4, -0.2) is 28.4 Å². The zero-order valence-corrected chi connectivity index (χ0v) is 9.48. The molecule has 0 aliphatic carbocycles. The van der Waals surface area contributed by atoms with Crippen molar-refractivity contribution in [2.45, 2.75) is 0 Å². The molecule has 2 rings (SSSR count). The summed E-state index contributed by atoms with van der Waals surface area (Å²) in [5, 5.41) is 21.6. The Kier molecular flexibility index (Phi) is 3.07. The Hall–Kier alpha value is -2.64. The van der Waals surface area contributed by atoms with Gasteiger partial charge in [-0.1, -0.05) is 5.16 Å². The van der Waals surface area contributed by atoms with Gasteiger partial charge in [0.25, 0.3) is 0 Å². The van der Waals surface area contributed by atoms with Crippen LogP contribution in [0.25, 0.3) is 11.3 Å². The number of carboxylic acid groups (broad SMARTS) is 1. The van der Waals surface area contributed by atoms with E-state index in [1.807, 2.05) is 0 Å². The molecule has 0 radical (unpaired) electrons. The fourth-order valence-electron chi connectivity index (χ4n) is 1.52. The van der Waals surface area contributed by atoms with Gasteiger partial charge in [0.2, 0.25) is 5.76 Å². The van der Waals surface area contributed by atoms with Crippen LogP contribution in [0.1, 0.15) is 10.6 Å². The molecule has 1 aromatic heterocycles. The van der Waals surface area contributed by atoms with Crippen LogP contribution in [0.15, 0.2) is 16.7 Å². The van der Waals surface area contributed by atoms with E-state index >= 15 is 0 Å². The number of carbonyl (C=O) groups is 1. The molecule has 0 spiro atoms. The van der Waals surface area contributed by atoms with Crippen LogP contribution in [0.5, 0.6) is 11.5 Å². The molecular formula is C11H7F2NO5. The van der Waals surface area contributed by atoms with Crippen LogP contribution in [0.4, 0.5) is 8.78 Å². The molecular weight excluding hydrogens is 264 g/mol. The summed E-state index contributed by atoms with van der Waals surface area (Å²) in [4.78, 5) is 10.6. The largest absolute Gasteiger partial charge is 0.504 e. The van der Waals surface area contributed by atoms with E-state index in [-0.39, 0.29) is 5.69 Å². The molecule has 0 fully saturated rings. The van der Waals surface area contributed by atoms with Crippen LogP contribution in [-0.2, 0) is 0 Å². The number of nitrogens with zero attached hydrogens (tertiary/aromatic N) is 1. The number of aromatic carboxylic acids is 1. The molecule has 0 aliphatic rings. The Bertz CT molecular complexity index is 653. The van der Waals surface area contributed by atoms with Gasteiger partial charge in [-0.25, -0.2) is 13.6 Å². The second kappa shape index (κ2) is 4.56. The van der Waals surface area contributed by atoms with Gasteiger partial charge in [-0.3, -0.25) is 0 Å². The van der Waals surface area contributed by atoms with Crippen molar-refractivity contribution in [1.82, 2.24) is 5.16 Å². The summed E-state index contributed by atoms with van der Waals surface area (Å²) >= 11 is 0. The lowest BCUT2D eigenvalue weighted by atomic mass is 10.1. The van der Waals surface area contributed by atoms with Gasteiger partial charge in [0.1, 0.15) is 5.69 Å². The topological polar surface area (TPSA) is 92.8 Å². The molecule has 1 aromatic carbocycles. The predicted molar refractivity (Wildman–Crippen MR) is 57.0 cm³/mol. The van der Waals surface area contributed by atoms with Crippen LogP contribution in [0, 0.1) is 11.6 Å².